The van der Waals surface area contributed by atoms with Crippen molar-refractivity contribution in [1.82, 2.24) is 10.2 Å². The summed E-state index contributed by atoms with van der Waals surface area (Å²) in [5.41, 5.74) is 0. The minimum Gasteiger partial charge on any atom is -0.493 e. The van der Waals surface area contributed by atoms with Crippen LogP contribution in [0.2, 0.25) is 0 Å². The molecule has 2 atom stereocenters. The average molecular weight is 463 g/mol. The van der Waals surface area contributed by atoms with Crippen molar-refractivity contribution in [3.8, 4) is 11.5 Å². The molecule has 6 nitrogen and oxygen atoms in total. The van der Waals surface area contributed by atoms with Gasteiger partial charge < -0.3 is 24.4 Å². The Hall–Kier alpha value is -1.22. The van der Waals surface area contributed by atoms with E-state index in [4.69, 9.17) is 14.2 Å². The lowest BCUT2D eigenvalue weighted by molar-refractivity contribution is 0.180. The van der Waals surface area contributed by atoms with Gasteiger partial charge >= 0.3 is 0 Å². The molecule has 1 N–H and O–H groups in total. The van der Waals surface area contributed by atoms with Crippen LogP contribution in [-0.4, -0.2) is 64.5 Å². The van der Waals surface area contributed by atoms with Crippen molar-refractivity contribution < 1.29 is 14.2 Å². The number of aliphatic imine (C=N–C) groups is 1. The summed E-state index contributed by atoms with van der Waals surface area (Å²) >= 11 is 0. The molecule has 0 radical (unpaired) electrons. The highest BCUT2D eigenvalue weighted by Crippen LogP contribution is 2.26. The lowest BCUT2D eigenvalue weighted by Gasteiger charge is -2.26. The van der Waals surface area contributed by atoms with Gasteiger partial charge in [-0.1, -0.05) is 12.1 Å². The number of ether oxygens (including phenoxy) is 3. The summed E-state index contributed by atoms with van der Waals surface area (Å²) in [6, 6.07) is 7.68. The molecule has 0 bridgehead atoms. The largest absolute Gasteiger partial charge is 0.493 e. The molecular weight excluding hydrogens is 433 g/mol. The number of rotatable bonds is 7. The minimum absolute atomic E-state index is 0. The first-order valence-electron chi connectivity index (χ1n) is 8.43. The number of benzene rings is 1. The topological polar surface area (TPSA) is 55.3 Å². The van der Waals surface area contributed by atoms with Crippen LogP contribution in [0.5, 0.6) is 11.5 Å². The zero-order valence-corrected chi connectivity index (χ0v) is 17.9. The Morgan fingerprint density at radius 1 is 1.40 bits per heavy atom. The van der Waals surface area contributed by atoms with Gasteiger partial charge in [-0.15, -0.1) is 24.0 Å². The Kier molecular flexibility index (Phi) is 9.96. The monoisotopic (exact) mass is 463 g/mol. The van der Waals surface area contributed by atoms with Crippen molar-refractivity contribution >= 4 is 29.9 Å². The quantitative estimate of drug-likeness (QED) is 0.383. The predicted molar refractivity (Wildman–Crippen MR) is 111 cm³/mol. The van der Waals surface area contributed by atoms with Crippen LogP contribution in [0.25, 0.3) is 0 Å². The summed E-state index contributed by atoms with van der Waals surface area (Å²) in [6.07, 6.45) is 1.11. The van der Waals surface area contributed by atoms with E-state index < -0.39 is 0 Å². The number of halogens is 1. The molecule has 0 amide bonds. The lowest BCUT2D eigenvalue weighted by atomic mass is 10.1. The zero-order chi connectivity index (χ0) is 17.4. The van der Waals surface area contributed by atoms with Crippen LogP contribution in [0.3, 0.4) is 0 Å². The zero-order valence-electron chi connectivity index (χ0n) is 15.5. The number of hydrogen-bond acceptors (Lipinski definition) is 4. The summed E-state index contributed by atoms with van der Waals surface area (Å²) < 4.78 is 16.7. The normalized spacial score (nSPS) is 18.2. The third kappa shape index (κ3) is 6.89. The van der Waals surface area contributed by atoms with E-state index in [1.807, 2.05) is 31.2 Å². The summed E-state index contributed by atoms with van der Waals surface area (Å²) in [4.78, 5) is 6.50. The SMILES string of the molecule is CN=C(NCC(C)Oc1ccccc1OC)N(C)CC1CCOC1.I. The summed E-state index contributed by atoms with van der Waals surface area (Å²) in [7, 11) is 5.50. The van der Waals surface area contributed by atoms with Crippen LogP contribution >= 0.6 is 24.0 Å². The number of guanidine groups is 1. The maximum Gasteiger partial charge on any atom is 0.193 e. The fraction of sp³-hybridized carbons (Fsp3) is 0.611. The number of para-hydroxylation sites is 2. The van der Waals surface area contributed by atoms with Gasteiger partial charge in [-0.05, 0) is 25.5 Å². The number of nitrogens with zero attached hydrogens (tertiary/aromatic N) is 2. The van der Waals surface area contributed by atoms with E-state index in [9.17, 15) is 0 Å². The van der Waals surface area contributed by atoms with E-state index in [2.05, 4.69) is 22.3 Å². The van der Waals surface area contributed by atoms with Crippen LogP contribution in [-0.2, 0) is 4.74 Å². The Morgan fingerprint density at radius 3 is 2.72 bits per heavy atom. The second-order valence-corrected chi connectivity index (χ2v) is 6.12. The summed E-state index contributed by atoms with van der Waals surface area (Å²) in [5, 5.41) is 3.37. The fourth-order valence-electron chi connectivity index (χ4n) is 2.80. The molecule has 142 valence electrons. The molecule has 1 aliphatic heterocycles. The molecule has 1 aliphatic rings. The summed E-state index contributed by atoms with van der Waals surface area (Å²) in [6.45, 7) is 5.35. The van der Waals surface area contributed by atoms with Crippen LogP contribution in [0.15, 0.2) is 29.3 Å². The van der Waals surface area contributed by atoms with E-state index in [0.29, 0.717) is 12.5 Å². The first kappa shape index (κ1) is 21.8. The average Bonchev–Trinajstić information content (AvgIpc) is 3.09. The molecule has 2 unspecified atom stereocenters. The summed E-state index contributed by atoms with van der Waals surface area (Å²) in [5.74, 6) is 2.95. The van der Waals surface area contributed by atoms with Crippen LogP contribution in [0.1, 0.15) is 13.3 Å². The number of hydrogen-bond donors (Lipinski definition) is 1. The molecule has 25 heavy (non-hydrogen) atoms. The molecule has 0 aliphatic carbocycles. The second-order valence-electron chi connectivity index (χ2n) is 6.12. The van der Waals surface area contributed by atoms with Crippen molar-refractivity contribution in [2.24, 2.45) is 10.9 Å². The van der Waals surface area contributed by atoms with E-state index in [0.717, 1.165) is 43.6 Å². The standard InChI is InChI=1S/C18H29N3O3.HI/c1-14(24-17-8-6-5-7-16(17)22-4)11-20-18(19-2)21(3)12-15-9-10-23-13-15;/h5-8,14-15H,9-13H2,1-4H3,(H,19,20);1H. The molecule has 1 fully saturated rings. The predicted octanol–water partition coefficient (Wildman–Crippen LogP) is 2.62. The van der Waals surface area contributed by atoms with Gasteiger partial charge in [0.2, 0.25) is 0 Å². The van der Waals surface area contributed by atoms with E-state index in [-0.39, 0.29) is 30.1 Å². The molecule has 7 heteroatoms. The van der Waals surface area contributed by atoms with Gasteiger partial charge in [0.25, 0.3) is 0 Å². The molecule has 1 saturated heterocycles. The smallest absolute Gasteiger partial charge is 0.193 e. The lowest BCUT2D eigenvalue weighted by Crippen LogP contribution is -2.44. The third-order valence-electron chi connectivity index (χ3n) is 4.07. The molecule has 2 rings (SSSR count). The molecule has 0 spiro atoms. The molecule has 0 aromatic heterocycles. The van der Waals surface area contributed by atoms with Crippen molar-refractivity contribution in [1.29, 1.82) is 0 Å². The molecule has 1 aromatic carbocycles. The van der Waals surface area contributed by atoms with Crippen molar-refractivity contribution in [3.63, 3.8) is 0 Å². The van der Waals surface area contributed by atoms with Gasteiger partial charge in [-0.25, -0.2) is 0 Å². The second kappa shape index (κ2) is 11.4. The van der Waals surface area contributed by atoms with Gasteiger partial charge in [-0.3, -0.25) is 4.99 Å². The Bertz CT molecular complexity index is 536. The third-order valence-corrected chi connectivity index (χ3v) is 4.07. The molecular formula is C18H30IN3O3. The van der Waals surface area contributed by atoms with Crippen LogP contribution in [0.4, 0.5) is 0 Å². The highest BCUT2D eigenvalue weighted by molar-refractivity contribution is 14.0. The fourth-order valence-corrected chi connectivity index (χ4v) is 2.80. The first-order valence-corrected chi connectivity index (χ1v) is 8.43. The highest BCUT2D eigenvalue weighted by atomic mass is 127. The Labute approximate surface area is 167 Å². The van der Waals surface area contributed by atoms with Gasteiger partial charge in [0.1, 0.15) is 6.10 Å². The van der Waals surface area contributed by atoms with Crippen LogP contribution in [0, 0.1) is 5.92 Å². The maximum absolute atomic E-state index is 5.96. The van der Waals surface area contributed by atoms with E-state index in [1.54, 1.807) is 14.2 Å². The maximum atomic E-state index is 5.96. The molecule has 0 saturated carbocycles. The highest BCUT2D eigenvalue weighted by Gasteiger charge is 2.19. The van der Waals surface area contributed by atoms with Gasteiger partial charge in [-0.2, -0.15) is 0 Å². The van der Waals surface area contributed by atoms with Crippen molar-refractivity contribution in [2.75, 3.05) is 47.5 Å². The van der Waals surface area contributed by atoms with E-state index >= 15 is 0 Å². The van der Waals surface area contributed by atoms with Gasteiger partial charge in [0, 0.05) is 33.2 Å². The van der Waals surface area contributed by atoms with E-state index in [1.165, 1.54) is 0 Å². The Balaban J connectivity index is 0.00000312. The van der Waals surface area contributed by atoms with Crippen molar-refractivity contribution in [2.45, 2.75) is 19.4 Å². The molecule has 1 heterocycles. The van der Waals surface area contributed by atoms with Gasteiger partial charge in [0.05, 0.1) is 20.3 Å². The molecule has 1 aromatic rings. The van der Waals surface area contributed by atoms with Crippen molar-refractivity contribution in [3.05, 3.63) is 24.3 Å². The Morgan fingerprint density at radius 2 is 2.12 bits per heavy atom. The van der Waals surface area contributed by atoms with Crippen LogP contribution < -0.4 is 14.8 Å². The van der Waals surface area contributed by atoms with Gasteiger partial charge in [0.15, 0.2) is 17.5 Å². The minimum atomic E-state index is -0.0127. The number of methoxy groups -OCH3 is 1. The first-order chi connectivity index (χ1) is 11.6. The number of nitrogens with one attached hydrogen (secondary N) is 1.